The number of amides is 1. The van der Waals surface area contributed by atoms with Gasteiger partial charge in [0.2, 0.25) is 0 Å². The summed E-state index contributed by atoms with van der Waals surface area (Å²) in [6.45, 7) is 14.4. The van der Waals surface area contributed by atoms with Crippen LogP contribution in [0.3, 0.4) is 0 Å². The number of H-pyrrole nitrogens is 1. The standard InChI is InChI=1S/C27H36N8O4/c1-27(2,3)39-26(36)34-16-12-32(13-17-34)9-8-31-10-14-33(15-11-31)24-18-20(6-7-28-24)25-22-19-21(35(37)38)4-5-23(22)29-30-25/h4-7,18-19H,8-17H2,1-3H3,(H,29,30). The van der Waals surface area contributed by atoms with Gasteiger partial charge in [0, 0.05) is 94.7 Å². The zero-order valence-corrected chi connectivity index (χ0v) is 22.8. The monoisotopic (exact) mass is 536 g/mol. The fourth-order valence-electron chi connectivity index (χ4n) is 5.04. The maximum atomic E-state index is 12.3. The predicted molar refractivity (Wildman–Crippen MR) is 149 cm³/mol. The Morgan fingerprint density at radius 1 is 1.00 bits per heavy atom. The lowest BCUT2D eigenvalue weighted by Crippen LogP contribution is -2.53. The molecular weight excluding hydrogens is 500 g/mol. The van der Waals surface area contributed by atoms with Crippen molar-refractivity contribution >= 4 is 28.5 Å². The van der Waals surface area contributed by atoms with E-state index in [0.717, 1.165) is 74.6 Å². The van der Waals surface area contributed by atoms with Gasteiger partial charge in [0.05, 0.1) is 10.4 Å². The lowest BCUT2D eigenvalue weighted by molar-refractivity contribution is -0.384. The van der Waals surface area contributed by atoms with E-state index in [-0.39, 0.29) is 11.8 Å². The van der Waals surface area contributed by atoms with Crippen LogP contribution in [0.15, 0.2) is 36.5 Å². The summed E-state index contributed by atoms with van der Waals surface area (Å²) in [5, 5.41) is 19.4. The van der Waals surface area contributed by atoms with Gasteiger partial charge >= 0.3 is 6.09 Å². The molecule has 0 spiro atoms. The maximum absolute atomic E-state index is 12.3. The van der Waals surface area contributed by atoms with E-state index in [9.17, 15) is 14.9 Å². The molecule has 1 amide bonds. The van der Waals surface area contributed by atoms with E-state index in [2.05, 4.69) is 29.9 Å². The number of ether oxygens (including phenoxy) is 1. The van der Waals surface area contributed by atoms with Crippen molar-refractivity contribution in [1.29, 1.82) is 0 Å². The number of non-ortho nitro benzene ring substituents is 1. The number of carbonyl (C=O) groups is 1. The molecule has 2 fully saturated rings. The Kier molecular flexibility index (Phi) is 7.67. The molecule has 0 aliphatic carbocycles. The Morgan fingerprint density at radius 3 is 2.31 bits per heavy atom. The van der Waals surface area contributed by atoms with Crippen LogP contribution in [-0.2, 0) is 4.74 Å². The zero-order chi connectivity index (χ0) is 27.6. The largest absolute Gasteiger partial charge is 0.444 e. The first-order chi connectivity index (χ1) is 18.7. The Morgan fingerprint density at radius 2 is 1.67 bits per heavy atom. The third-order valence-electron chi connectivity index (χ3n) is 7.23. The number of benzene rings is 1. The molecule has 5 rings (SSSR count). The number of piperazine rings is 2. The van der Waals surface area contributed by atoms with Crippen molar-refractivity contribution in [3.8, 4) is 11.3 Å². The van der Waals surface area contributed by atoms with E-state index >= 15 is 0 Å². The van der Waals surface area contributed by atoms with Crippen molar-refractivity contribution in [1.82, 2.24) is 29.9 Å². The highest BCUT2D eigenvalue weighted by atomic mass is 16.6. The van der Waals surface area contributed by atoms with E-state index in [1.54, 1.807) is 23.2 Å². The number of carbonyl (C=O) groups excluding carboxylic acids is 1. The van der Waals surface area contributed by atoms with Crippen LogP contribution < -0.4 is 4.90 Å². The second-order valence-electron chi connectivity index (χ2n) is 11.1. The molecule has 12 heteroatoms. The quantitative estimate of drug-likeness (QED) is 0.374. The highest BCUT2D eigenvalue weighted by Crippen LogP contribution is 2.30. The van der Waals surface area contributed by atoms with Crippen LogP contribution in [0.5, 0.6) is 0 Å². The summed E-state index contributed by atoms with van der Waals surface area (Å²) < 4.78 is 5.50. The molecule has 12 nitrogen and oxygen atoms in total. The van der Waals surface area contributed by atoms with Crippen LogP contribution in [0.2, 0.25) is 0 Å². The molecule has 2 saturated heterocycles. The van der Waals surface area contributed by atoms with Crippen LogP contribution in [0.25, 0.3) is 22.2 Å². The highest BCUT2D eigenvalue weighted by Gasteiger charge is 2.26. The van der Waals surface area contributed by atoms with E-state index in [1.807, 2.05) is 32.9 Å². The number of hydrogen-bond acceptors (Lipinski definition) is 9. The van der Waals surface area contributed by atoms with E-state index in [1.165, 1.54) is 6.07 Å². The summed E-state index contributed by atoms with van der Waals surface area (Å²) in [5.74, 6) is 0.881. The molecule has 0 unspecified atom stereocenters. The van der Waals surface area contributed by atoms with Gasteiger partial charge in [0.1, 0.15) is 17.1 Å². The number of fused-ring (bicyclic) bond motifs is 1. The second kappa shape index (κ2) is 11.1. The number of hydrogen-bond donors (Lipinski definition) is 1. The lowest BCUT2D eigenvalue weighted by Gasteiger charge is -2.38. The van der Waals surface area contributed by atoms with Crippen LogP contribution >= 0.6 is 0 Å². The van der Waals surface area contributed by atoms with Gasteiger partial charge in [-0.05, 0) is 39.0 Å². The third kappa shape index (κ3) is 6.45. The highest BCUT2D eigenvalue weighted by molar-refractivity contribution is 5.94. The number of aromatic nitrogens is 3. The van der Waals surface area contributed by atoms with Gasteiger partial charge in [0.25, 0.3) is 5.69 Å². The van der Waals surface area contributed by atoms with Crippen molar-refractivity contribution in [2.24, 2.45) is 0 Å². The van der Waals surface area contributed by atoms with Crippen molar-refractivity contribution in [2.45, 2.75) is 26.4 Å². The number of nitro benzene ring substituents is 1. The molecular formula is C27H36N8O4. The SMILES string of the molecule is CC(C)(C)OC(=O)N1CCN(CCN2CCN(c3cc(-c4n[nH]c5ccc([N+](=O)[O-])cc45)ccn3)CC2)CC1. The lowest BCUT2D eigenvalue weighted by atomic mass is 10.1. The molecule has 2 aromatic heterocycles. The van der Waals surface area contributed by atoms with Gasteiger partial charge in [-0.15, -0.1) is 0 Å². The Labute approximate surface area is 227 Å². The van der Waals surface area contributed by atoms with Gasteiger partial charge in [-0.1, -0.05) is 0 Å². The normalized spacial score (nSPS) is 17.5. The molecule has 0 bridgehead atoms. The maximum Gasteiger partial charge on any atom is 0.410 e. The van der Waals surface area contributed by atoms with Crippen molar-refractivity contribution in [3.63, 3.8) is 0 Å². The Bertz CT molecular complexity index is 1320. The Balaban J connectivity index is 1.12. The van der Waals surface area contributed by atoms with Gasteiger partial charge in [0.15, 0.2) is 0 Å². The third-order valence-corrected chi connectivity index (χ3v) is 7.23. The minimum absolute atomic E-state index is 0.0421. The van der Waals surface area contributed by atoms with Crippen molar-refractivity contribution in [3.05, 3.63) is 46.6 Å². The summed E-state index contributed by atoms with van der Waals surface area (Å²) in [5.41, 5.74) is 1.89. The number of aromatic amines is 1. The minimum atomic E-state index is -0.469. The first kappa shape index (κ1) is 26.8. The number of anilines is 1. The van der Waals surface area contributed by atoms with Crippen LogP contribution in [0.4, 0.5) is 16.3 Å². The topological polar surface area (TPSA) is 124 Å². The molecule has 4 heterocycles. The number of nitrogens with zero attached hydrogens (tertiary/aromatic N) is 7. The molecule has 2 aliphatic rings. The van der Waals surface area contributed by atoms with Crippen molar-refractivity contribution < 1.29 is 14.5 Å². The van der Waals surface area contributed by atoms with Gasteiger partial charge < -0.3 is 14.5 Å². The van der Waals surface area contributed by atoms with Crippen molar-refractivity contribution in [2.75, 3.05) is 70.3 Å². The van der Waals surface area contributed by atoms with Gasteiger partial charge in [-0.3, -0.25) is 25.0 Å². The van der Waals surface area contributed by atoms with E-state index < -0.39 is 10.5 Å². The molecule has 3 aromatic rings. The summed E-state index contributed by atoms with van der Waals surface area (Å²) in [4.78, 5) is 36.7. The molecule has 0 radical (unpaired) electrons. The molecule has 0 saturated carbocycles. The molecule has 208 valence electrons. The van der Waals surface area contributed by atoms with Crippen LogP contribution in [0, 0.1) is 10.1 Å². The summed E-state index contributed by atoms with van der Waals surface area (Å²) in [6.07, 6.45) is 1.55. The number of pyridine rings is 1. The van der Waals surface area contributed by atoms with Crippen LogP contribution in [0.1, 0.15) is 20.8 Å². The average Bonchev–Trinajstić information content (AvgIpc) is 3.35. The fraction of sp³-hybridized carbons (Fsp3) is 0.519. The van der Waals surface area contributed by atoms with Crippen LogP contribution in [-0.4, -0.2) is 112 Å². The number of nitrogens with one attached hydrogen (secondary N) is 1. The summed E-state index contributed by atoms with van der Waals surface area (Å²) in [7, 11) is 0. The number of rotatable bonds is 6. The Hall–Kier alpha value is -3.77. The van der Waals surface area contributed by atoms with E-state index in [0.29, 0.717) is 18.8 Å². The zero-order valence-electron chi connectivity index (χ0n) is 22.8. The van der Waals surface area contributed by atoms with E-state index in [4.69, 9.17) is 4.74 Å². The molecule has 1 aromatic carbocycles. The summed E-state index contributed by atoms with van der Waals surface area (Å²) >= 11 is 0. The minimum Gasteiger partial charge on any atom is -0.444 e. The smallest absolute Gasteiger partial charge is 0.410 e. The first-order valence-electron chi connectivity index (χ1n) is 13.4. The fourth-order valence-corrected chi connectivity index (χ4v) is 5.04. The van der Waals surface area contributed by atoms with Gasteiger partial charge in [-0.25, -0.2) is 9.78 Å². The first-order valence-corrected chi connectivity index (χ1v) is 13.4. The average molecular weight is 537 g/mol. The molecule has 1 N–H and O–H groups in total. The number of nitro groups is 1. The van der Waals surface area contributed by atoms with Gasteiger partial charge in [-0.2, -0.15) is 5.10 Å². The summed E-state index contributed by atoms with van der Waals surface area (Å²) in [6, 6.07) is 8.62. The molecule has 39 heavy (non-hydrogen) atoms. The molecule has 2 aliphatic heterocycles. The molecule has 0 atom stereocenters. The predicted octanol–water partition coefficient (Wildman–Crippen LogP) is 3.21. The second-order valence-corrected chi connectivity index (χ2v) is 11.1.